The lowest BCUT2D eigenvalue weighted by Gasteiger charge is -2.23. The molecular weight excluding hydrogens is 285 g/mol. The zero-order chi connectivity index (χ0) is 16.4. The van der Waals surface area contributed by atoms with E-state index in [1.807, 2.05) is 13.8 Å². The molecule has 0 saturated carbocycles. The Balaban J connectivity index is 0.00000116. The first kappa shape index (κ1) is 18.6. The van der Waals surface area contributed by atoms with Crippen LogP contribution in [0.4, 0.5) is 4.39 Å². The van der Waals surface area contributed by atoms with Gasteiger partial charge in [-0.1, -0.05) is 26.0 Å². The molecule has 1 fully saturated rings. The minimum absolute atomic E-state index is 0.0387. The van der Waals surface area contributed by atoms with Crippen molar-refractivity contribution < 1.29 is 19.0 Å². The molecule has 1 unspecified atom stereocenters. The number of ether oxygens (including phenoxy) is 1. The summed E-state index contributed by atoms with van der Waals surface area (Å²) in [7, 11) is 0. The molecule has 1 heterocycles. The summed E-state index contributed by atoms with van der Waals surface area (Å²) in [5, 5.41) is 8.75. The number of hydrogen-bond acceptors (Lipinski definition) is 3. The standard InChI is InChI=1S/C15H20FNO3.C2H6/c16-13-4-2-12(3-5-13)10-14-11-17(7-1-9-20-14)8-6-15(18)19;1-2/h2-5,14H,1,6-11H2,(H,18,19);1-2H3. The molecule has 1 aliphatic rings. The minimum atomic E-state index is -0.773. The van der Waals surface area contributed by atoms with Crippen molar-refractivity contribution in [2.75, 3.05) is 26.2 Å². The maximum atomic E-state index is 12.9. The topological polar surface area (TPSA) is 49.8 Å². The van der Waals surface area contributed by atoms with Gasteiger partial charge >= 0.3 is 5.97 Å². The summed E-state index contributed by atoms with van der Waals surface area (Å²) in [6.45, 7) is 6.84. The molecule has 0 aromatic heterocycles. The van der Waals surface area contributed by atoms with Gasteiger partial charge in [-0.25, -0.2) is 4.39 Å². The molecule has 1 aromatic carbocycles. The summed E-state index contributed by atoms with van der Waals surface area (Å²) in [4.78, 5) is 12.8. The third-order valence-corrected chi connectivity index (χ3v) is 3.45. The quantitative estimate of drug-likeness (QED) is 0.908. The van der Waals surface area contributed by atoms with Crippen LogP contribution in [0.5, 0.6) is 0 Å². The third-order valence-electron chi connectivity index (χ3n) is 3.45. The molecule has 0 bridgehead atoms. The van der Waals surface area contributed by atoms with Gasteiger partial charge in [0, 0.05) is 26.2 Å². The lowest BCUT2D eigenvalue weighted by Crippen LogP contribution is -2.34. The molecule has 0 radical (unpaired) electrons. The van der Waals surface area contributed by atoms with Crippen molar-refractivity contribution in [2.45, 2.75) is 39.2 Å². The zero-order valence-electron chi connectivity index (χ0n) is 13.4. The third kappa shape index (κ3) is 7.00. The van der Waals surface area contributed by atoms with E-state index in [0.29, 0.717) is 13.2 Å². The average Bonchev–Trinajstić information content (AvgIpc) is 2.75. The van der Waals surface area contributed by atoms with E-state index in [9.17, 15) is 9.18 Å². The Labute approximate surface area is 131 Å². The Bertz CT molecular complexity index is 436. The molecule has 22 heavy (non-hydrogen) atoms. The fraction of sp³-hybridized carbons (Fsp3) is 0.588. The van der Waals surface area contributed by atoms with E-state index >= 15 is 0 Å². The smallest absolute Gasteiger partial charge is 0.304 e. The second-order valence-corrected chi connectivity index (χ2v) is 5.12. The van der Waals surface area contributed by atoms with E-state index in [4.69, 9.17) is 9.84 Å². The molecular formula is C17H26FNO3. The summed E-state index contributed by atoms with van der Waals surface area (Å²) in [6.07, 6.45) is 1.84. The van der Waals surface area contributed by atoms with Crippen molar-refractivity contribution in [1.82, 2.24) is 4.90 Å². The lowest BCUT2D eigenvalue weighted by molar-refractivity contribution is -0.137. The number of benzene rings is 1. The lowest BCUT2D eigenvalue weighted by atomic mass is 10.1. The number of carboxylic acid groups (broad SMARTS) is 1. The van der Waals surface area contributed by atoms with Crippen LogP contribution in [0.3, 0.4) is 0 Å². The van der Waals surface area contributed by atoms with Gasteiger partial charge in [0.15, 0.2) is 0 Å². The van der Waals surface area contributed by atoms with Crippen LogP contribution in [-0.2, 0) is 16.0 Å². The van der Waals surface area contributed by atoms with Crippen LogP contribution in [0.2, 0.25) is 0 Å². The van der Waals surface area contributed by atoms with Gasteiger partial charge in [-0.05, 0) is 30.5 Å². The second-order valence-electron chi connectivity index (χ2n) is 5.12. The summed E-state index contributed by atoms with van der Waals surface area (Å²) in [6, 6.07) is 6.44. The molecule has 124 valence electrons. The highest BCUT2D eigenvalue weighted by Crippen LogP contribution is 2.13. The van der Waals surface area contributed by atoms with Gasteiger partial charge in [0.25, 0.3) is 0 Å². The number of rotatable bonds is 5. The molecule has 1 N–H and O–H groups in total. The molecule has 1 aliphatic heterocycles. The van der Waals surface area contributed by atoms with Crippen molar-refractivity contribution in [2.24, 2.45) is 0 Å². The van der Waals surface area contributed by atoms with Crippen molar-refractivity contribution in [1.29, 1.82) is 0 Å². The highest BCUT2D eigenvalue weighted by Gasteiger charge is 2.19. The first-order valence-electron chi connectivity index (χ1n) is 7.93. The van der Waals surface area contributed by atoms with Gasteiger partial charge in [-0.15, -0.1) is 0 Å². The van der Waals surface area contributed by atoms with Crippen LogP contribution in [0, 0.1) is 5.82 Å². The molecule has 4 nitrogen and oxygen atoms in total. The van der Waals surface area contributed by atoms with Crippen molar-refractivity contribution >= 4 is 5.97 Å². The van der Waals surface area contributed by atoms with E-state index in [0.717, 1.165) is 31.5 Å². The fourth-order valence-corrected chi connectivity index (χ4v) is 2.43. The normalized spacial score (nSPS) is 19.0. The van der Waals surface area contributed by atoms with Gasteiger partial charge in [-0.3, -0.25) is 4.79 Å². The Kier molecular flexibility index (Phi) is 8.70. The van der Waals surface area contributed by atoms with Gasteiger partial charge in [0.05, 0.1) is 12.5 Å². The number of carbonyl (C=O) groups is 1. The van der Waals surface area contributed by atoms with Gasteiger partial charge in [-0.2, -0.15) is 0 Å². The maximum absolute atomic E-state index is 12.9. The molecule has 0 amide bonds. The SMILES string of the molecule is CC.O=C(O)CCN1CCCOC(Cc2ccc(F)cc2)C1. The van der Waals surface area contributed by atoms with Crippen LogP contribution >= 0.6 is 0 Å². The average molecular weight is 311 g/mol. The predicted molar refractivity (Wildman–Crippen MR) is 84.5 cm³/mol. The highest BCUT2D eigenvalue weighted by atomic mass is 19.1. The summed E-state index contributed by atoms with van der Waals surface area (Å²) in [5.41, 5.74) is 1.04. The second kappa shape index (κ2) is 10.3. The van der Waals surface area contributed by atoms with Crippen LogP contribution < -0.4 is 0 Å². The Morgan fingerprint density at radius 3 is 2.68 bits per heavy atom. The molecule has 1 atom stereocenters. The highest BCUT2D eigenvalue weighted by molar-refractivity contribution is 5.66. The predicted octanol–water partition coefficient (Wildman–Crippen LogP) is 2.96. The molecule has 2 rings (SSSR count). The van der Waals surface area contributed by atoms with Crippen molar-refractivity contribution in [3.8, 4) is 0 Å². The first-order chi connectivity index (χ1) is 10.6. The molecule has 1 saturated heterocycles. The Morgan fingerprint density at radius 2 is 2.05 bits per heavy atom. The number of carboxylic acids is 1. The number of halogens is 1. The van der Waals surface area contributed by atoms with E-state index in [-0.39, 0.29) is 18.3 Å². The van der Waals surface area contributed by atoms with Crippen molar-refractivity contribution in [3.05, 3.63) is 35.6 Å². The summed E-state index contributed by atoms with van der Waals surface area (Å²) >= 11 is 0. The number of aliphatic carboxylic acids is 1. The molecule has 5 heteroatoms. The van der Waals surface area contributed by atoms with E-state index in [1.54, 1.807) is 12.1 Å². The van der Waals surface area contributed by atoms with Crippen LogP contribution in [0.15, 0.2) is 24.3 Å². The fourth-order valence-electron chi connectivity index (χ4n) is 2.43. The van der Waals surface area contributed by atoms with Gasteiger partial charge in [0.1, 0.15) is 5.82 Å². The first-order valence-corrected chi connectivity index (χ1v) is 7.93. The molecule has 1 aromatic rings. The van der Waals surface area contributed by atoms with Crippen LogP contribution in [-0.4, -0.2) is 48.3 Å². The van der Waals surface area contributed by atoms with Gasteiger partial charge in [0.2, 0.25) is 0 Å². The van der Waals surface area contributed by atoms with Crippen molar-refractivity contribution in [3.63, 3.8) is 0 Å². The maximum Gasteiger partial charge on any atom is 0.304 e. The largest absolute Gasteiger partial charge is 0.481 e. The van der Waals surface area contributed by atoms with Crippen LogP contribution in [0.1, 0.15) is 32.3 Å². The number of nitrogens with zero attached hydrogens (tertiary/aromatic N) is 1. The summed E-state index contributed by atoms with van der Waals surface area (Å²) in [5.74, 6) is -1.01. The monoisotopic (exact) mass is 311 g/mol. The van der Waals surface area contributed by atoms with E-state index < -0.39 is 5.97 Å². The molecule has 0 aliphatic carbocycles. The minimum Gasteiger partial charge on any atom is -0.481 e. The van der Waals surface area contributed by atoms with Gasteiger partial charge < -0.3 is 14.7 Å². The van der Waals surface area contributed by atoms with E-state index in [1.165, 1.54) is 12.1 Å². The summed E-state index contributed by atoms with van der Waals surface area (Å²) < 4.78 is 18.7. The van der Waals surface area contributed by atoms with E-state index in [2.05, 4.69) is 4.90 Å². The van der Waals surface area contributed by atoms with Crippen LogP contribution in [0.25, 0.3) is 0 Å². The zero-order valence-corrected chi connectivity index (χ0v) is 13.4. The Morgan fingerprint density at radius 1 is 1.36 bits per heavy atom. The Hall–Kier alpha value is -1.46. The molecule has 0 spiro atoms. The number of hydrogen-bond donors (Lipinski definition) is 1.